The first-order valence-corrected chi connectivity index (χ1v) is 9.76. The van der Waals surface area contributed by atoms with Crippen LogP contribution in [0.4, 0.5) is 0 Å². The van der Waals surface area contributed by atoms with Gasteiger partial charge in [0.1, 0.15) is 0 Å². The molecule has 6 heteroatoms. The highest BCUT2D eigenvalue weighted by atomic mass is 16.2. The molecule has 0 aliphatic carbocycles. The number of hydrogen-bond donors (Lipinski definition) is 1. The lowest BCUT2D eigenvalue weighted by atomic mass is 9.85. The van der Waals surface area contributed by atoms with Crippen LogP contribution in [-0.2, 0) is 4.79 Å². The van der Waals surface area contributed by atoms with E-state index in [-0.39, 0.29) is 11.9 Å². The van der Waals surface area contributed by atoms with E-state index in [4.69, 9.17) is 5.73 Å². The summed E-state index contributed by atoms with van der Waals surface area (Å²) in [5.41, 5.74) is 10.0. The van der Waals surface area contributed by atoms with Gasteiger partial charge in [-0.05, 0) is 29.2 Å². The maximum atomic E-state index is 13.2. The third-order valence-electron chi connectivity index (χ3n) is 5.45. The van der Waals surface area contributed by atoms with Crippen LogP contribution in [-0.4, -0.2) is 33.6 Å². The number of rotatable bonds is 4. The third kappa shape index (κ3) is 3.53. The van der Waals surface area contributed by atoms with Crippen LogP contribution in [0.25, 0.3) is 5.69 Å². The van der Waals surface area contributed by atoms with Crippen molar-refractivity contribution in [3.8, 4) is 5.69 Å². The maximum Gasteiger partial charge on any atom is 0.239 e. The number of likely N-dealkylation sites (N-methyl/N-ethyl adjacent to an activating group) is 1. The van der Waals surface area contributed by atoms with Gasteiger partial charge in [0.15, 0.2) is 5.96 Å². The minimum atomic E-state index is -0.443. The van der Waals surface area contributed by atoms with Crippen molar-refractivity contribution in [1.82, 2.24) is 14.7 Å². The molecule has 1 aliphatic rings. The largest absolute Gasteiger partial charge is 0.369 e. The number of carbonyl (C=O) groups is 1. The summed E-state index contributed by atoms with van der Waals surface area (Å²) in [5.74, 6) is 0.152. The zero-order valence-corrected chi connectivity index (χ0v) is 16.9. The molecule has 2 unspecified atom stereocenters. The normalized spacial score (nSPS) is 19.5. The molecular weight excluding hydrogens is 362 g/mol. The van der Waals surface area contributed by atoms with Gasteiger partial charge in [-0.3, -0.25) is 9.69 Å². The summed E-state index contributed by atoms with van der Waals surface area (Å²) in [6.07, 6.45) is 3.69. The van der Waals surface area contributed by atoms with Crippen molar-refractivity contribution in [3.63, 3.8) is 0 Å². The predicted molar refractivity (Wildman–Crippen MR) is 114 cm³/mol. The topological polar surface area (TPSA) is 76.5 Å². The van der Waals surface area contributed by atoms with Crippen molar-refractivity contribution in [2.75, 3.05) is 7.05 Å². The highest BCUT2D eigenvalue weighted by molar-refractivity contribution is 6.01. The number of carbonyl (C=O) groups excluding carboxylic acids is 1. The fourth-order valence-electron chi connectivity index (χ4n) is 3.65. The third-order valence-corrected chi connectivity index (χ3v) is 5.45. The van der Waals surface area contributed by atoms with Crippen LogP contribution in [0.2, 0.25) is 0 Å². The van der Waals surface area contributed by atoms with Crippen LogP contribution in [0.15, 0.2) is 72.0 Å². The molecule has 2 aromatic carbocycles. The lowest BCUT2D eigenvalue weighted by Gasteiger charge is -2.32. The highest BCUT2D eigenvalue weighted by Gasteiger charge is 2.38. The molecule has 2 atom stereocenters. The number of hydrogen-bond acceptors (Lipinski definition) is 4. The molecule has 6 nitrogen and oxygen atoms in total. The van der Waals surface area contributed by atoms with Crippen molar-refractivity contribution in [3.05, 3.63) is 83.7 Å². The minimum Gasteiger partial charge on any atom is -0.369 e. The average Bonchev–Trinajstić information content (AvgIpc) is 3.23. The van der Waals surface area contributed by atoms with Crippen molar-refractivity contribution < 1.29 is 4.79 Å². The van der Waals surface area contributed by atoms with Gasteiger partial charge >= 0.3 is 0 Å². The van der Waals surface area contributed by atoms with E-state index in [1.807, 2.05) is 48.7 Å². The van der Waals surface area contributed by atoms with Gasteiger partial charge in [0.25, 0.3) is 0 Å². The standard InChI is InChI=1S/C23H25N5O/c1-15(2)16-9-11-17(12-10-16)20-21(26-23(24)27(3)22(20)29)18-13-25-28(14-18)19-7-5-4-6-8-19/h4-15,20-21H,1-3H3,(H2,24,26). The summed E-state index contributed by atoms with van der Waals surface area (Å²) in [5, 5.41) is 4.48. The fraction of sp³-hybridized carbons (Fsp3) is 0.261. The van der Waals surface area contributed by atoms with Gasteiger partial charge in [0.2, 0.25) is 5.91 Å². The number of nitrogens with two attached hydrogens (primary N) is 1. The monoisotopic (exact) mass is 387 g/mol. The Morgan fingerprint density at radius 1 is 1.00 bits per heavy atom. The van der Waals surface area contributed by atoms with Gasteiger partial charge in [-0.25, -0.2) is 9.67 Å². The van der Waals surface area contributed by atoms with Gasteiger partial charge in [-0.1, -0.05) is 56.3 Å². The van der Waals surface area contributed by atoms with E-state index in [0.29, 0.717) is 5.92 Å². The van der Waals surface area contributed by atoms with E-state index >= 15 is 0 Å². The second-order valence-electron chi connectivity index (χ2n) is 7.68. The first-order chi connectivity index (χ1) is 14.0. The van der Waals surface area contributed by atoms with Crippen LogP contribution in [0.3, 0.4) is 0 Å². The van der Waals surface area contributed by atoms with Gasteiger partial charge < -0.3 is 5.73 Å². The van der Waals surface area contributed by atoms with Gasteiger partial charge in [-0.15, -0.1) is 0 Å². The molecule has 3 aromatic rings. The van der Waals surface area contributed by atoms with E-state index in [2.05, 4.69) is 36.1 Å². The molecule has 1 aliphatic heterocycles. The molecule has 1 aromatic heterocycles. The lowest BCUT2D eigenvalue weighted by molar-refractivity contribution is -0.129. The molecule has 0 saturated carbocycles. The molecule has 0 bridgehead atoms. The smallest absolute Gasteiger partial charge is 0.239 e. The number of benzene rings is 2. The first-order valence-electron chi connectivity index (χ1n) is 9.76. The van der Waals surface area contributed by atoms with Crippen LogP contribution < -0.4 is 5.73 Å². The molecule has 0 fully saturated rings. The summed E-state index contributed by atoms with van der Waals surface area (Å²) < 4.78 is 1.79. The molecule has 0 saturated heterocycles. The van der Waals surface area contributed by atoms with Crippen LogP contribution >= 0.6 is 0 Å². The highest BCUT2D eigenvalue weighted by Crippen LogP contribution is 2.38. The van der Waals surface area contributed by atoms with E-state index in [1.165, 1.54) is 10.5 Å². The molecule has 0 spiro atoms. The first kappa shape index (κ1) is 18.9. The van der Waals surface area contributed by atoms with Crippen LogP contribution in [0.1, 0.15) is 48.4 Å². The minimum absolute atomic E-state index is 0.0627. The molecule has 2 N–H and O–H groups in total. The van der Waals surface area contributed by atoms with E-state index < -0.39 is 12.0 Å². The molecule has 29 heavy (non-hydrogen) atoms. The molecule has 148 valence electrons. The Hall–Kier alpha value is -3.41. The van der Waals surface area contributed by atoms with Crippen molar-refractivity contribution in [2.24, 2.45) is 10.7 Å². The summed E-state index contributed by atoms with van der Waals surface area (Å²) in [7, 11) is 1.67. The van der Waals surface area contributed by atoms with Crippen molar-refractivity contribution in [2.45, 2.75) is 31.7 Å². The van der Waals surface area contributed by atoms with E-state index in [1.54, 1.807) is 17.9 Å². The number of para-hydroxylation sites is 1. The SMILES string of the molecule is CC(C)c1ccc(C2C(=O)N(C)C(N)=NC2c2cnn(-c3ccccc3)c2)cc1. The van der Waals surface area contributed by atoms with Gasteiger partial charge in [0, 0.05) is 18.8 Å². The van der Waals surface area contributed by atoms with Gasteiger partial charge in [-0.2, -0.15) is 5.10 Å². The van der Waals surface area contributed by atoms with Crippen molar-refractivity contribution in [1.29, 1.82) is 0 Å². The number of aromatic nitrogens is 2. The summed E-state index contributed by atoms with van der Waals surface area (Å²) in [6.45, 7) is 4.31. The summed E-state index contributed by atoms with van der Waals surface area (Å²) in [6, 6.07) is 17.7. The molecule has 1 amide bonds. The fourth-order valence-corrected chi connectivity index (χ4v) is 3.65. The lowest BCUT2D eigenvalue weighted by Crippen LogP contribution is -2.46. The Morgan fingerprint density at radius 3 is 2.34 bits per heavy atom. The van der Waals surface area contributed by atoms with Crippen LogP contribution in [0.5, 0.6) is 0 Å². The quantitative estimate of drug-likeness (QED) is 0.743. The number of guanidine groups is 1. The Kier molecular flexibility index (Phi) is 4.92. The zero-order valence-electron chi connectivity index (χ0n) is 16.9. The predicted octanol–water partition coefficient (Wildman–Crippen LogP) is 3.61. The Bertz CT molecular complexity index is 1040. The average molecular weight is 387 g/mol. The summed E-state index contributed by atoms with van der Waals surface area (Å²) in [4.78, 5) is 19.2. The van der Waals surface area contributed by atoms with Crippen molar-refractivity contribution >= 4 is 11.9 Å². The Morgan fingerprint density at radius 2 is 1.69 bits per heavy atom. The second-order valence-corrected chi connectivity index (χ2v) is 7.68. The summed E-state index contributed by atoms with van der Waals surface area (Å²) >= 11 is 0. The van der Waals surface area contributed by atoms with E-state index in [9.17, 15) is 4.79 Å². The zero-order chi connectivity index (χ0) is 20.5. The van der Waals surface area contributed by atoms with Gasteiger partial charge in [0.05, 0.1) is 23.8 Å². The number of aliphatic imine (C=N–C) groups is 1. The van der Waals surface area contributed by atoms with Crippen LogP contribution in [0, 0.1) is 0 Å². The molecule has 4 rings (SSSR count). The maximum absolute atomic E-state index is 13.2. The molecule has 0 radical (unpaired) electrons. The second kappa shape index (κ2) is 7.54. The number of nitrogens with zero attached hydrogens (tertiary/aromatic N) is 4. The van der Waals surface area contributed by atoms with E-state index in [0.717, 1.165) is 16.8 Å². The Balaban J connectivity index is 1.75. The Labute approximate surface area is 170 Å². The molecular formula is C23H25N5O. The molecule has 2 heterocycles. The number of amides is 1.